The lowest BCUT2D eigenvalue weighted by atomic mass is 9.87. The van der Waals surface area contributed by atoms with E-state index in [4.69, 9.17) is 4.74 Å². The molecule has 0 aromatic carbocycles. The Bertz CT molecular complexity index is 509. The van der Waals surface area contributed by atoms with E-state index in [2.05, 4.69) is 34.0 Å². The van der Waals surface area contributed by atoms with Crippen molar-refractivity contribution < 1.29 is 4.74 Å². The van der Waals surface area contributed by atoms with E-state index in [0.717, 1.165) is 19.1 Å². The highest BCUT2D eigenvalue weighted by Gasteiger charge is 2.44. The molecule has 1 aromatic heterocycles. The molecule has 3 fully saturated rings. The van der Waals surface area contributed by atoms with Gasteiger partial charge in [-0.1, -0.05) is 0 Å². The third-order valence-corrected chi connectivity index (χ3v) is 5.97. The van der Waals surface area contributed by atoms with Gasteiger partial charge in [-0.2, -0.15) is 0 Å². The number of piperidine rings is 1. The number of nitrogens with zero attached hydrogens (tertiary/aromatic N) is 3. The van der Waals surface area contributed by atoms with Crippen molar-refractivity contribution in [1.29, 1.82) is 0 Å². The van der Waals surface area contributed by atoms with Crippen molar-refractivity contribution in [3.63, 3.8) is 0 Å². The van der Waals surface area contributed by atoms with Gasteiger partial charge in [0.15, 0.2) is 0 Å². The Morgan fingerprint density at radius 3 is 2.70 bits per heavy atom. The molecule has 1 aliphatic carbocycles. The zero-order valence-electron chi connectivity index (χ0n) is 14.3. The van der Waals surface area contributed by atoms with Gasteiger partial charge < -0.3 is 9.64 Å². The fourth-order valence-corrected chi connectivity index (χ4v) is 4.17. The number of ether oxygens (including phenoxy) is 1. The molecular weight excluding hydrogens is 286 g/mol. The van der Waals surface area contributed by atoms with Crippen LogP contribution in [-0.4, -0.2) is 59.7 Å². The summed E-state index contributed by atoms with van der Waals surface area (Å²) >= 11 is 0. The molecule has 1 atom stereocenters. The van der Waals surface area contributed by atoms with E-state index < -0.39 is 0 Å². The van der Waals surface area contributed by atoms with Crippen LogP contribution in [0.5, 0.6) is 0 Å². The summed E-state index contributed by atoms with van der Waals surface area (Å²) in [6.07, 6.45) is 10.3. The Morgan fingerprint density at radius 2 is 2.00 bits per heavy atom. The van der Waals surface area contributed by atoms with E-state index in [9.17, 15) is 0 Å². The van der Waals surface area contributed by atoms with E-state index in [0.29, 0.717) is 6.04 Å². The fraction of sp³-hybridized carbons (Fsp3) is 0.737. The number of rotatable bonds is 5. The standard InChI is InChI=1S/C19H29N3O/c1-21(13-17-4-8-20-9-5-17)18-12-19(23-15-18)6-10-22(11-7-19)14-16-2-3-16/h4-5,8-9,16,18H,2-3,6-7,10-15H2,1H3/t18-/m1/s1. The zero-order chi connectivity index (χ0) is 15.7. The molecule has 1 spiro atoms. The van der Waals surface area contributed by atoms with Gasteiger partial charge in [-0.3, -0.25) is 9.88 Å². The number of aromatic nitrogens is 1. The van der Waals surface area contributed by atoms with Crippen molar-refractivity contribution in [1.82, 2.24) is 14.8 Å². The lowest BCUT2D eigenvalue weighted by Crippen LogP contribution is -2.45. The summed E-state index contributed by atoms with van der Waals surface area (Å²) in [5.41, 5.74) is 1.50. The SMILES string of the molecule is CN(Cc1ccncc1)[C@H]1COC2(CCN(CC3CC3)CC2)C1. The number of likely N-dealkylation sites (N-methyl/N-ethyl adjacent to an activating group) is 1. The molecule has 0 unspecified atom stereocenters. The molecule has 3 aliphatic rings. The predicted molar refractivity (Wildman–Crippen MR) is 91.2 cm³/mol. The molecule has 4 nitrogen and oxygen atoms in total. The number of likely N-dealkylation sites (tertiary alicyclic amines) is 1. The van der Waals surface area contributed by atoms with Crippen molar-refractivity contribution >= 4 is 0 Å². The van der Waals surface area contributed by atoms with Crippen LogP contribution >= 0.6 is 0 Å². The Balaban J connectivity index is 1.28. The van der Waals surface area contributed by atoms with Crippen LogP contribution in [-0.2, 0) is 11.3 Å². The number of pyridine rings is 1. The second-order valence-electron chi connectivity index (χ2n) is 7.87. The van der Waals surface area contributed by atoms with Gasteiger partial charge in [0.1, 0.15) is 0 Å². The fourth-order valence-electron chi connectivity index (χ4n) is 4.17. The van der Waals surface area contributed by atoms with Crippen LogP contribution in [0.15, 0.2) is 24.5 Å². The molecule has 4 heteroatoms. The molecule has 126 valence electrons. The maximum absolute atomic E-state index is 6.34. The Hall–Kier alpha value is -0.970. The minimum absolute atomic E-state index is 0.164. The molecule has 2 aliphatic heterocycles. The van der Waals surface area contributed by atoms with Gasteiger partial charge in [0.05, 0.1) is 12.2 Å². The summed E-state index contributed by atoms with van der Waals surface area (Å²) in [7, 11) is 2.23. The van der Waals surface area contributed by atoms with Crippen LogP contribution in [0.3, 0.4) is 0 Å². The smallest absolute Gasteiger partial charge is 0.0723 e. The summed E-state index contributed by atoms with van der Waals surface area (Å²) in [5.74, 6) is 1.01. The van der Waals surface area contributed by atoms with Crippen molar-refractivity contribution in [2.75, 3.05) is 33.3 Å². The third kappa shape index (κ3) is 3.76. The molecule has 0 N–H and O–H groups in total. The Morgan fingerprint density at radius 1 is 1.26 bits per heavy atom. The summed E-state index contributed by atoms with van der Waals surface area (Å²) in [5, 5.41) is 0. The first-order chi connectivity index (χ1) is 11.2. The van der Waals surface area contributed by atoms with Gasteiger partial charge in [-0.25, -0.2) is 0 Å². The molecule has 2 saturated heterocycles. The summed E-state index contributed by atoms with van der Waals surface area (Å²) in [6, 6.07) is 4.77. The van der Waals surface area contributed by atoms with Gasteiger partial charge in [0, 0.05) is 44.6 Å². The first kappa shape index (κ1) is 15.6. The van der Waals surface area contributed by atoms with Crippen LogP contribution < -0.4 is 0 Å². The lowest BCUT2D eigenvalue weighted by molar-refractivity contribution is -0.0444. The Labute approximate surface area is 139 Å². The molecule has 4 rings (SSSR count). The predicted octanol–water partition coefficient (Wildman–Crippen LogP) is 2.55. The van der Waals surface area contributed by atoms with Gasteiger partial charge in [-0.15, -0.1) is 0 Å². The summed E-state index contributed by atoms with van der Waals surface area (Å²) in [6.45, 7) is 5.68. The van der Waals surface area contributed by atoms with E-state index in [1.54, 1.807) is 0 Å². The molecule has 0 bridgehead atoms. The van der Waals surface area contributed by atoms with E-state index in [-0.39, 0.29) is 5.60 Å². The van der Waals surface area contributed by atoms with Crippen molar-refractivity contribution in [2.45, 2.75) is 50.3 Å². The Kier molecular flexibility index (Phi) is 4.39. The second kappa shape index (κ2) is 6.50. The molecule has 0 amide bonds. The van der Waals surface area contributed by atoms with Gasteiger partial charge in [0.25, 0.3) is 0 Å². The summed E-state index contributed by atoms with van der Waals surface area (Å²) in [4.78, 5) is 9.23. The topological polar surface area (TPSA) is 28.6 Å². The average Bonchev–Trinajstić information content (AvgIpc) is 3.30. The zero-order valence-corrected chi connectivity index (χ0v) is 14.3. The summed E-state index contributed by atoms with van der Waals surface area (Å²) < 4.78 is 6.34. The maximum atomic E-state index is 6.34. The van der Waals surface area contributed by atoms with Crippen molar-refractivity contribution in [3.8, 4) is 0 Å². The highest BCUT2D eigenvalue weighted by Crippen LogP contribution is 2.39. The van der Waals surface area contributed by atoms with Gasteiger partial charge in [-0.05, 0) is 62.8 Å². The highest BCUT2D eigenvalue weighted by molar-refractivity contribution is 5.10. The van der Waals surface area contributed by atoms with Crippen LogP contribution in [0, 0.1) is 5.92 Å². The molecule has 0 radical (unpaired) electrons. The second-order valence-corrected chi connectivity index (χ2v) is 7.87. The maximum Gasteiger partial charge on any atom is 0.0723 e. The first-order valence-electron chi connectivity index (χ1n) is 9.18. The largest absolute Gasteiger partial charge is 0.373 e. The molecule has 1 aromatic rings. The van der Waals surface area contributed by atoms with Crippen LogP contribution in [0.25, 0.3) is 0 Å². The molecule has 23 heavy (non-hydrogen) atoms. The minimum Gasteiger partial charge on any atom is -0.373 e. The van der Waals surface area contributed by atoms with E-state index in [1.165, 1.54) is 57.3 Å². The van der Waals surface area contributed by atoms with E-state index >= 15 is 0 Å². The molecule has 1 saturated carbocycles. The number of hydrogen-bond acceptors (Lipinski definition) is 4. The van der Waals surface area contributed by atoms with Crippen LogP contribution in [0.2, 0.25) is 0 Å². The lowest BCUT2D eigenvalue weighted by Gasteiger charge is -2.39. The van der Waals surface area contributed by atoms with Crippen LogP contribution in [0.4, 0.5) is 0 Å². The monoisotopic (exact) mass is 315 g/mol. The average molecular weight is 315 g/mol. The third-order valence-electron chi connectivity index (χ3n) is 5.97. The van der Waals surface area contributed by atoms with Crippen LogP contribution in [0.1, 0.15) is 37.7 Å². The van der Waals surface area contributed by atoms with E-state index in [1.807, 2.05) is 12.4 Å². The van der Waals surface area contributed by atoms with Gasteiger partial charge in [0.2, 0.25) is 0 Å². The quantitative estimate of drug-likeness (QED) is 0.835. The minimum atomic E-state index is 0.164. The first-order valence-corrected chi connectivity index (χ1v) is 9.18. The molecule has 3 heterocycles. The van der Waals surface area contributed by atoms with Crippen molar-refractivity contribution in [3.05, 3.63) is 30.1 Å². The number of hydrogen-bond donors (Lipinski definition) is 0. The van der Waals surface area contributed by atoms with Gasteiger partial charge >= 0.3 is 0 Å². The normalized spacial score (nSPS) is 27.8. The molecular formula is C19H29N3O. The van der Waals surface area contributed by atoms with Crippen molar-refractivity contribution in [2.24, 2.45) is 5.92 Å². The highest BCUT2D eigenvalue weighted by atomic mass is 16.5.